The van der Waals surface area contributed by atoms with Gasteiger partial charge in [-0.15, -0.1) is 0 Å². The van der Waals surface area contributed by atoms with Crippen LogP contribution in [0.1, 0.15) is 11.1 Å². The lowest BCUT2D eigenvalue weighted by Crippen LogP contribution is -2.37. The summed E-state index contributed by atoms with van der Waals surface area (Å²) in [5.74, 6) is 0.287. The molecule has 0 saturated carbocycles. The van der Waals surface area contributed by atoms with Crippen molar-refractivity contribution in [2.75, 3.05) is 25.2 Å². The number of nitrogens with zero attached hydrogens (tertiary/aromatic N) is 3. The van der Waals surface area contributed by atoms with Crippen LogP contribution in [0.2, 0.25) is 0 Å². The smallest absolute Gasteiger partial charge is 0.326 e. The maximum Gasteiger partial charge on any atom is 0.326 e. The van der Waals surface area contributed by atoms with Crippen molar-refractivity contribution in [1.82, 2.24) is 9.88 Å². The monoisotopic (exact) mass is 499 g/mol. The summed E-state index contributed by atoms with van der Waals surface area (Å²) in [6.07, 6.45) is 1.66. The van der Waals surface area contributed by atoms with Gasteiger partial charge in [0.05, 0.1) is 32.9 Å². The molecule has 0 aliphatic carbocycles. The minimum atomic E-state index is -0.438. The van der Waals surface area contributed by atoms with Crippen molar-refractivity contribution in [2.24, 2.45) is 0 Å². The Morgan fingerprint density at radius 3 is 2.66 bits per heavy atom. The van der Waals surface area contributed by atoms with Crippen molar-refractivity contribution >= 4 is 27.8 Å². The third kappa shape index (κ3) is 5.08. The molecule has 2 aromatic carbocycles. The number of ether oxygens (including phenoxy) is 2. The van der Waals surface area contributed by atoms with E-state index in [1.807, 2.05) is 36.4 Å². The Hall–Kier alpha value is -2.97. The molecule has 0 unspecified atom stereocenters. The largest absolute Gasteiger partial charge is 0.494 e. The first-order valence-corrected chi connectivity index (χ1v) is 11.0. The Morgan fingerprint density at radius 2 is 1.94 bits per heavy atom. The molecule has 3 aromatic rings. The number of carbonyl (C=O) groups is 1. The molecule has 1 atom stereocenters. The highest BCUT2D eigenvalue weighted by Gasteiger charge is 2.38. The van der Waals surface area contributed by atoms with Gasteiger partial charge >= 0.3 is 6.03 Å². The zero-order valence-electron chi connectivity index (χ0n) is 17.6. The van der Waals surface area contributed by atoms with Gasteiger partial charge in [0, 0.05) is 17.2 Å². The van der Waals surface area contributed by atoms with Crippen LogP contribution in [-0.2, 0) is 17.9 Å². The second kappa shape index (κ2) is 10.1. The number of anilines is 1. The number of carbonyl (C=O) groups excluding carboxylic acids is 1. The molecule has 1 saturated heterocycles. The number of rotatable bonds is 8. The molecular weight excluding hydrogens is 477 g/mol. The van der Waals surface area contributed by atoms with E-state index in [0.29, 0.717) is 32.1 Å². The quantitative estimate of drug-likeness (QED) is 0.436. The first-order valence-electron chi connectivity index (χ1n) is 10.2. The van der Waals surface area contributed by atoms with E-state index < -0.39 is 5.82 Å². The van der Waals surface area contributed by atoms with E-state index in [2.05, 4.69) is 20.9 Å². The predicted octanol–water partition coefficient (Wildman–Crippen LogP) is 5.02. The standard InChI is InChI=1S/C24H23BrFN3O3/c1-31-22-11-18(7-9-21(22)26)13-28-20(16-32-15-17-5-3-2-4-6-17)14-29(24(28)30)23-10-8-19(25)12-27-23/h2-12,20H,13-16H2,1H3/t20-/m0/s1. The van der Waals surface area contributed by atoms with Gasteiger partial charge in [0.15, 0.2) is 11.6 Å². The van der Waals surface area contributed by atoms with Gasteiger partial charge in [-0.2, -0.15) is 0 Å². The Kier molecular flexibility index (Phi) is 7.02. The minimum Gasteiger partial charge on any atom is -0.494 e. The summed E-state index contributed by atoms with van der Waals surface area (Å²) < 4.78 is 25.7. The average Bonchev–Trinajstić information content (AvgIpc) is 3.11. The molecule has 0 bridgehead atoms. The zero-order valence-corrected chi connectivity index (χ0v) is 19.2. The Labute approximate surface area is 194 Å². The van der Waals surface area contributed by atoms with Crippen LogP contribution in [-0.4, -0.2) is 42.2 Å². The van der Waals surface area contributed by atoms with Gasteiger partial charge in [-0.05, 0) is 51.3 Å². The topological polar surface area (TPSA) is 54.9 Å². The molecule has 1 aliphatic rings. The Morgan fingerprint density at radius 1 is 1.12 bits per heavy atom. The van der Waals surface area contributed by atoms with E-state index in [4.69, 9.17) is 9.47 Å². The summed E-state index contributed by atoms with van der Waals surface area (Å²) in [5.41, 5.74) is 1.84. The summed E-state index contributed by atoms with van der Waals surface area (Å²) in [4.78, 5) is 21.1. The second-order valence-corrected chi connectivity index (χ2v) is 8.39. The molecule has 4 rings (SSSR count). The van der Waals surface area contributed by atoms with Gasteiger partial charge in [-0.25, -0.2) is 14.2 Å². The van der Waals surface area contributed by atoms with E-state index in [9.17, 15) is 9.18 Å². The van der Waals surface area contributed by atoms with E-state index in [0.717, 1.165) is 15.6 Å². The number of aromatic nitrogens is 1. The van der Waals surface area contributed by atoms with Crippen molar-refractivity contribution in [3.8, 4) is 5.75 Å². The number of halogens is 2. The van der Waals surface area contributed by atoms with Crippen LogP contribution in [0.5, 0.6) is 5.75 Å². The second-order valence-electron chi connectivity index (χ2n) is 7.48. The lowest BCUT2D eigenvalue weighted by atomic mass is 10.1. The molecule has 1 fully saturated rings. The summed E-state index contributed by atoms with van der Waals surface area (Å²) in [6.45, 7) is 1.58. The number of methoxy groups -OCH3 is 1. The number of hydrogen-bond donors (Lipinski definition) is 0. The van der Waals surface area contributed by atoms with Crippen molar-refractivity contribution in [3.63, 3.8) is 0 Å². The number of hydrogen-bond acceptors (Lipinski definition) is 4. The zero-order chi connectivity index (χ0) is 22.5. The molecule has 2 heterocycles. The SMILES string of the molecule is COc1cc(CN2C(=O)N(c3ccc(Br)cn3)C[C@H]2COCc2ccccc2)ccc1F. The highest BCUT2D eigenvalue weighted by molar-refractivity contribution is 9.10. The Balaban J connectivity index is 1.52. The first kappa shape index (κ1) is 22.2. The van der Waals surface area contributed by atoms with E-state index in [1.54, 1.807) is 34.2 Å². The van der Waals surface area contributed by atoms with Gasteiger partial charge < -0.3 is 14.4 Å². The first-order chi connectivity index (χ1) is 15.5. The van der Waals surface area contributed by atoms with E-state index in [1.165, 1.54) is 13.2 Å². The van der Waals surface area contributed by atoms with E-state index in [-0.39, 0.29) is 17.8 Å². The van der Waals surface area contributed by atoms with Gasteiger partial charge in [-0.1, -0.05) is 36.4 Å². The molecule has 0 N–H and O–H groups in total. The molecule has 2 amide bonds. The fraction of sp³-hybridized carbons (Fsp3) is 0.250. The van der Waals surface area contributed by atoms with Crippen molar-refractivity contribution in [2.45, 2.75) is 19.2 Å². The molecule has 166 valence electrons. The highest BCUT2D eigenvalue weighted by atomic mass is 79.9. The maximum absolute atomic E-state index is 13.8. The van der Waals surface area contributed by atoms with Gasteiger partial charge in [0.2, 0.25) is 0 Å². The van der Waals surface area contributed by atoms with Crippen LogP contribution < -0.4 is 9.64 Å². The molecule has 0 spiro atoms. The van der Waals surface area contributed by atoms with Crippen LogP contribution in [0, 0.1) is 5.82 Å². The third-order valence-electron chi connectivity index (χ3n) is 5.29. The third-order valence-corrected chi connectivity index (χ3v) is 5.76. The van der Waals surface area contributed by atoms with Gasteiger partial charge in [-0.3, -0.25) is 4.90 Å². The number of pyridine rings is 1. The van der Waals surface area contributed by atoms with Crippen molar-refractivity contribution in [1.29, 1.82) is 0 Å². The number of urea groups is 1. The maximum atomic E-state index is 13.8. The Bertz CT molecular complexity index is 1070. The minimum absolute atomic E-state index is 0.150. The van der Waals surface area contributed by atoms with Gasteiger partial charge in [0.1, 0.15) is 5.82 Å². The van der Waals surface area contributed by atoms with Gasteiger partial charge in [0.25, 0.3) is 0 Å². The number of benzene rings is 2. The lowest BCUT2D eigenvalue weighted by molar-refractivity contribution is 0.0752. The van der Waals surface area contributed by atoms with Crippen LogP contribution in [0.15, 0.2) is 71.3 Å². The number of amides is 2. The van der Waals surface area contributed by atoms with Crippen molar-refractivity contribution < 1.29 is 18.7 Å². The fourth-order valence-electron chi connectivity index (χ4n) is 3.64. The summed E-state index contributed by atoms with van der Waals surface area (Å²) in [7, 11) is 1.42. The molecule has 1 aliphatic heterocycles. The summed E-state index contributed by atoms with van der Waals surface area (Å²) in [6, 6.07) is 17.8. The van der Waals surface area contributed by atoms with Crippen LogP contribution in [0.25, 0.3) is 0 Å². The molecule has 32 heavy (non-hydrogen) atoms. The van der Waals surface area contributed by atoms with Crippen LogP contribution >= 0.6 is 15.9 Å². The molecule has 1 aromatic heterocycles. The average molecular weight is 500 g/mol. The lowest BCUT2D eigenvalue weighted by Gasteiger charge is -2.23. The summed E-state index contributed by atoms with van der Waals surface area (Å²) in [5, 5.41) is 0. The normalized spacial score (nSPS) is 16.0. The highest BCUT2D eigenvalue weighted by Crippen LogP contribution is 2.27. The predicted molar refractivity (Wildman–Crippen MR) is 123 cm³/mol. The van der Waals surface area contributed by atoms with E-state index >= 15 is 0 Å². The summed E-state index contributed by atoms with van der Waals surface area (Å²) >= 11 is 3.37. The molecule has 0 radical (unpaired) electrons. The molecular formula is C24H23BrFN3O3. The molecule has 8 heteroatoms. The van der Waals surface area contributed by atoms with Crippen LogP contribution in [0.3, 0.4) is 0 Å². The molecule has 6 nitrogen and oxygen atoms in total. The van der Waals surface area contributed by atoms with Crippen LogP contribution in [0.4, 0.5) is 15.0 Å². The fourth-order valence-corrected chi connectivity index (χ4v) is 3.88. The van der Waals surface area contributed by atoms with Crippen molar-refractivity contribution in [3.05, 3.63) is 88.3 Å².